The SMILES string of the molecule is [N-]=[N+]=NCCOCCOCCNC(=O)c1ccc(Nc2nc(NCCOCCOCCNC(=O)c3ccccc3)nc(NC3C4CC5CC(C4)CC3C5)n2)cc1. The van der Waals surface area contributed by atoms with Crippen molar-refractivity contribution in [3.8, 4) is 0 Å². The summed E-state index contributed by atoms with van der Waals surface area (Å²) in [6.45, 7) is 4.63. The summed E-state index contributed by atoms with van der Waals surface area (Å²) in [5.41, 5.74) is 10.1. The second kappa shape index (κ2) is 21.9. The van der Waals surface area contributed by atoms with Crippen LogP contribution in [0.15, 0.2) is 59.7 Å². The second-order valence-corrected chi connectivity index (χ2v) is 14.3. The molecular formula is C39H53N11O6. The zero-order valence-corrected chi connectivity index (χ0v) is 31.7. The van der Waals surface area contributed by atoms with E-state index in [-0.39, 0.29) is 18.4 Å². The van der Waals surface area contributed by atoms with Crippen molar-refractivity contribution >= 4 is 35.3 Å². The second-order valence-electron chi connectivity index (χ2n) is 14.3. The molecule has 7 rings (SSSR count). The normalized spacial score (nSPS) is 20.5. The van der Waals surface area contributed by atoms with Gasteiger partial charge >= 0.3 is 0 Å². The number of benzene rings is 2. The summed E-state index contributed by atoms with van der Waals surface area (Å²) in [7, 11) is 0. The summed E-state index contributed by atoms with van der Waals surface area (Å²) in [6, 6.07) is 16.6. The van der Waals surface area contributed by atoms with Gasteiger partial charge in [-0.2, -0.15) is 15.0 Å². The van der Waals surface area contributed by atoms with Crippen molar-refractivity contribution in [3.05, 3.63) is 76.2 Å². The first-order chi connectivity index (χ1) is 27.5. The molecule has 56 heavy (non-hydrogen) atoms. The Balaban J connectivity index is 0.944. The summed E-state index contributed by atoms with van der Waals surface area (Å²) in [5.74, 6) is 4.04. The van der Waals surface area contributed by atoms with Gasteiger partial charge in [0.1, 0.15) is 0 Å². The van der Waals surface area contributed by atoms with Gasteiger partial charge in [0, 0.05) is 53.9 Å². The van der Waals surface area contributed by atoms with Crippen LogP contribution in [-0.4, -0.2) is 112 Å². The average molecular weight is 772 g/mol. The number of aromatic nitrogens is 3. The molecule has 300 valence electrons. The van der Waals surface area contributed by atoms with E-state index in [1.165, 1.54) is 32.1 Å². The van der Waals surface area contributed by atoms with Gasteiger partial charge in [-0.25, -0.2) is 0 Å². The Hall–Kier alpha value is -5.06. The third kappa shape index (κ3) is 12.7. The highest BCUT2D eigenvalue weighted by molar-refractivity contribution is 5.94. The molecule has 17 heteroatoms. The highest BCUT2D eigenvalue weighted by Gasteiger charge is 2.48. The molecule has 4 fully saturated rings. The molecule has 2 aromatic carbocycles. The highest BCUT2D eigenvalue weighted by Crippen LogP contribution is 2.54. The minimum absolute atomic E-state index is 0.123. The van der Waals surface area contributed by atoms with E-state index in [2.05, 4.69) is 41.6 Å². The van der Waals surface area contributed by atoms with Crippen LogP contribution in [-0.2, 0) is 18.9 Å². The van der Waals surface area contributed by atoms with E-state index in [0.717, 1.165) is 17.5 Å². The Morgan fingerprint density at radius 3 is 1.79 bits per heavy atom. The fourth-order valence-electron chi connectivity index (χ4n) is 8.02. The van der Waals surface area contributed by atoms with Gasteiger partial charge in [-0.3, -0.25) is 9.59 Å². The molecule has 0 saturated heterocycles. The molecule has 0 radical (unpaired) electrons. The van der Waals surface area contributed by atoms with Gasteiger partial charge in [0.15, 0.2) is 0 Å². The molecule has 4 aliphatic rings. The molecule has 0 unspecified atom stereocenters. The molecule has 3 aromatic rings. The average Bonchev–Trinajstić information content (AvgIpc) is 3.21. The van der Waals surface area contributed by atoms with E-state index in [0.29, 0.717) is 119 Å². The van der Waals surface area contributed by atoms with E-state index < -0.39 is 0 Å². The molecule has 17 nitrogen and oxygen atoms in total. The Labute approximate surface area is 327 Å². The van der Waals surface area contributed by atoms with Crippen LogP contribution >= 0.6 is 0 Å². The van der Waals surface area contributed by atoms with Gasteiger partial charge in [0.25, 0.3) is 11.8 Å². The smallest absolute Gasteiger partial charge is 0.251 e. The number of rotatable bonds is 25. The van der Waals surface area contributed by atoms with E-state index in [1.54, 1.807) is 24.3 Å². The maximum atomic E-state index is 12.7. The van der Waals surface area contributed by atoms with Crippen LogP contribution in [0.4, 0.5) is 23.5 Å². The first-order valence-electron chi connectivity index (χ1n) is 19.6. The third-order valence-electron chi connectivity index (χ3n) is 10.3. The zero-order chi connectivity index (χ0) is 38.8. The van der Waals surface area contributed by atoms with Crippen molar-refractivity contribution < 1.29 is 28.5 Å². The number of hydrogen-bond donors (Lipinski definition) is 5. The molecule has 5 N–H and O–H groups in total. The molecule has 4 aliphatic carbocycles. The summed E-state index contributed by atoms with van der Waals surface area (Å²) in [6.07, 6.45) is 6.50. The topological polar surface area (TPSA) is 219 Å². The van der Waals surface area contributed by atoms with Crippen molar-refractivity contribution in [2.75, 3.05) is 95.0 Å². The number of hydrogen-bond acceptors (Lipinski definition) is 13. The van der Waals surface area contributed by atoms with Crippen LogP contribution in [0.3, 0.4) is 0 Å². The van der Waals surface area contributed by atoms with Crippen LogP contribution < -0.4 is 26.6 Å². The predicted molar refractivity (Wildman–Crippen MR) is 211 cm³/mol. The van der Waals surface area contributed by atoms with Gasteiger partial charge in [0.05, 0.1) is 52.9 Å². The molecule has 1 aromatic heterocycles. The molecule has 0 spiro atoms. The number of amides is 2. The lowest BCUT2D eigenvalue weighted by molar-refractivity contribution is 0.00728. The number of nitrogens with zero attached hydrogens (tertiary/aromatic N) is 6. The van der Waals surface area contributed by atoms with Gasteiger partial charge < -0.3 is 45.5 Å². The van der Waals surface area contributed by atoms with Crippen LogP contribution in [0.1, 0.15) is 52.8 Å². The molecule has 2 amide bonds. The fraction of sp³-hybridized carbons (Fsp3) is 0.564. The monoisotopic (exact) mass is 771 g/mol. The standard InChI is InChI=1S/C39H53N11O6/c40-50-44-13-17-56-21-20-54-15-11-42-36(52)30-6-8-33(9-7-30)45-38-47-37(48-39(49-38)46-34-31-23-27-22-28(25-31)26-32(34)24-27)43-12-16-55-19-18-53-14-10-41-35(51)29-4-2-1-3-5-29/h1-9,27-28,31-32,34H,10-26H2,(H,41,51)(H,42,52)(H3,43,45,46,47,48,49). The number of carbonyl (C=O) groups excluding carboxylic acids is 2. The van der Waals surface area contributed by atoms with Gasteiger partial charge in [0.2, 0.25) is 17.8 Å². The summed E-state index contributed by atoms with van der Waals surface area (Å²) in [5, 5.41) is 19.4. The number of carbonyl (C=O) groups is 2. The number of anilines is 4. The van der Waals surface area contributed by atoms with E-state index in [9.17, 15) is 9.59 Å². The highest BCUT2D eigenvalue weighted by atomic mass is 16.5. The van der Waals surface area contributed by atoms with Crippen molar-refractivity contribution in [3.63, 3.8) is 0 Å². The third-order valence-corrected chi connectivity index (χ3v) is 10.3. The summed E-state index contributed by atoms with van der Waals surface area (Å²) in [4.78, 5) is 41.7. The summed E-state index contributed by atoms with van der Waals surface area (Å²) >= 11 is 0. The summed E-state index contributed by atoms with van der Waals surface area (Å²) < 4.78 is 22.1. The van der Waals surface area contributed by atoms with E-state index in [4.69, 9.17) is 34.4 Å². The lowest BCUT2D eigenvalue weighted by Crippen LogP contribution is -2.51. The molecule has 4 saturated carbocycles. The molecule has 1 heterocycles. The number of azide groups is 1. The van der Waals surface area contributed by atoms with Crippen LogP contribution in [0.2, 0.25) is 0 Å². The van der Waals surface area contributed by atoms with Crippen LogP contribution in [0.25, 0.3) is 10.4 Å². The van der Waals surface area contributed by atoms with E-state index in [1.807, 2.05) is 30.3 Å². The number of ether oxygens (including phenoxy) is 4. The van der Waals surface area contributed by atoms with Gasteiger partial charge in [-0.15, -0.1) is 0 Å². The zero-order valence-electron chi connectivity index (χ0n) is 31.7. The molecule has 4 bridgehead atoms. The molecule has 0 aliphatic heterocycles. The van der Waals surface area contributed by atoms with Crippen molar-refractivity contribution in [1.29, 1.82) is 0 Å². The largest absolute Gasteiger partial charge is 0.379 e. The molecule has 0 atom stereocenters. The van der Waals surface area contributed by atoms with Gasteiger partial charge in [-0.1, -0.05) is 23.3 Å². The van der Waals surface area contributed by atoms with Gasteiger partial charge in [-0.05, 0) is 97.7 Å². The lowest BCUT2D eigenvalue weighted by Gasteiger charge is -2.54. The fourth-order valence-corrected chi connectivity index (χ4v) is 8.02. The quantitative estimate of drug-likeness (QED) is 0.0340. The predicted octanol–water partition coefficient (Wildman–Crippen LogP) is 4.80. The minimum atomic E-state index is -0.208. The Morgan fingerprint density at radius 2 is 1.18 bits per heavy atom. The maximum absolute atomic E-state index is 12.7. The molecular weight excluding hydrogens is 718 g/mol. The number of nitrogens with one attached hydrogen (secondary N) is 5. The Bertz CT molecular complexity index is 1700. The van der Waals surface area contributed by atoms with Crippen molar-refractivity contribution in [1.82, 2.24) is 25.6 Å². The van der Waals surface area contributed by atoms with Crippen LogP contribution in [0.5, 0.6) is 0 Å². The van der Waals surface area contributed by atoms with Crippen LogP contribution in [0, 0.1) is 23.7 Å². The van der Waals surface area contributed by atoms with E-state index >= 15 is 0 Å². The van der Waals surface area contributed by atoms with Crippen molar-refractivity contribution in [2.45, 2.75) is 38.1 Å². The van der Waals surface area contributed by atoms with Crippen molar-refractivity contribution in [2.24, 2.45) is 28.8 Å². The lowest BCUT2D eigenvalue weighted by atomic mass is 9.54. The first-order valence-corrected chi connectivity index (χ1v) is 19.6. The minimum Gasteiger partial charge on any atom is -0.379 e. The Kier molecular flexibility index (Phi) is 15.9. The Morgan fingerprint density at radius 1 is 0.643 bits per heavy atom. The first kappa shape index (κ1) is 40.6. The maximum Gasteiger partial charge on any atom is 0.251 e.